The number of pyridine rings is 2. The van der Waals surface area contributed by atoms with E-state index in [2.05, 4.69) is 0 Å². The normalized spacial score (nSPS) is 11.6. The third-order valence-corrected chi connectivity index (χ3v) is 10.5. The number of hydrogen-bond donors (Lipinski definition) is 6. The lowest BCUT2D eigenvalue weighted by Crippen LogP contribution is -2.31. The largest absolute Gasteiger partial charge is 0.508 e. The van der Waals surface area contributed by atoms with E-state index in [1.807, 2.05) is 97.1 Å². The van der Waals surface area contributed by atoms with Crippen LogP contribution in [0.1, 0.15) is 44.5 Å². The minimum absolute atomic E-state index is 0.118. The van der Waals surface area contributed by atoms with Crippen molar-refractivity contribution >= 4 is 0 Å². The summed E-state index contributed by atoms with van der Waals surface area (Å²) in [6, 6.07) is 49.6. The maximum absolute atomic E-state index is 10.3. The minimum atomic E-state index is -0.962. The van der Waals surface area contributed by atoms with E-state index in [1.54, 1.807) is 85.2 Å². The molecule has 0 unspecified atom stereocenters. The summed E-state index contributed by atoms with van der Waals surface area (Å²) in [5, 5.41) is 61.5. The molecule has 0 aliphatic rings. The van der Waals surface area contributed by atoms with E-state index >= 15 is 0 Å². The van der Waals surface area contributed by atoms with Gasteiger partial charge in [0.1, 0.15) is 34.5 Å². The number of rotatable bonds is 9. The molecule has 0 aliphatic carbocycles. The van der Waals surface area contributed by atoms with Crippen LogP contribution < -0.4 is 0 Å². The van der Waals surface area contributed by atoms with Gasteiger partial charge in [-0.15, -0.1) is 0 Å². The molecule has 0 radical (unpaired) electrons. The fourth-order valence-electron chi connectivity index (χ4n) is 7.80. The van der Waals surface area contributed by atoms with Gasteiger partial charge in [-0.25, -0.2) is 0 Å². The van der Waals surface area contributed by atoms with E-state index in [0.29, 0.717) is 11.4 Å². The Hall–Kier alpha value is -7.58. The molecule has 0 atom stereocenters. The fraction of sp³-hybridized carbons (Fsp3) is 0.0417. The Kier molecular flexibility index (Phi) is 9.08. The van der Waals surface area contributed by atoms with Crippen LogP contribution in [-0.2, 0) is 10.8 Å². The molecule has 0 fully saturated rings. The molecule has 274 valence electrons. The zero-order valence-electron chi connectivity index (χ0n) is 29.9. The lowest BCUT2D eigenvalue weighted by atomic mass is 9.65. The fourth-order valence-corrected chi connectivity index (χ4v) is 7.80. The van der Waals surface area contributed by atoms with Gasteiger partial charge in [-0.05, 0) is 129 Å². The summed E-state index contributed by atoms with van der Waals surface area (Å²) < 4.78 is 0. The quantitative estimate of drug-likeness (QED) is 0.0805. The molecule has 0 bridgehead atoms. The molecule has 2 heterocycles. The van der Waals surface area contributed by atoms with Crippen molar-refractivity contribution in [1.82, 2.24) is 9.97 Å². The van der Waals surface area contributed by atoms with Crippen LogP contribution in [0.4, 0.5) is 0 Å². The standard InChI is InChI=1S/C48H36N2O6/c51-39-15-1-31(2-16-39)47(32-3-17-40(52)18-4-32,33-5-19-41(53)20-6-33)37-13-27-45(49-29-37)46-28-14-38(30-50-46)48(34-7-21-42(54)22-8-34,35-9-23-43(55)24-10-35)36-11-25-44(56)26-12-36/h1-30,51-56H. The highest BCUT2D eigenvalue weighted by molar-refractivity contribution is 5.65. The highest BCUT2D eigenvalue weighted by atomic mass is 16.3. The molecule has 56 heavy (non-hydrogen) atoms. The van der Waals surface area contributed by atoms with Crippen molar-refractivity contribution in [2.75, 3.05) is 0 Å². The van der Waals surface area contributed by atoms with Crippen LogP contribution in [0.25, 0.3) is 11.4 Å². The summed E-state index contributed by atoms with van der Waals surface area (Å²) in [6.07, 6.45) is 3.59. The second kappa shape index (κ2) is 14.3. The molecule has 0 saturated carbocycles. The second-order valence-corrected chi connectivity index (χ2v) is 13.6. The smallest absolute Gasteiger partial charge is 0.115 e. The third kappa shape index (κ3) is 6.19. The van der Waals surface area contributed by atoms with Crippen molar-refractivity contribution in [3.05, 3.63) is 227 Å². The number of nitrogens with zero attached hydrogens (tertiary/aromatic N) is 2. The number of hydrogen-bond acceptors (Lipinski definition) is 8. The first kappa shape index (κ1) is 35.4. The van der Waals surface area contributed by atoms with Gasteiger partial charge in [-0.1, -0.05) is 84.9 Å². The Bertz CT molecular complexity index is 2170. The van der Waals surface area contributed by atoms with Gasteiger partial charge in [-0.3, -0.25) is 9.97 Å². The van der Waals surface area contributed by atoms with Crippen LogP contribution in [0.2, 0.25) is 0 Å². The monoisotopic (exact) mass is 736 g/mol. The van der Waals surface area contributed by atoms with Crippen molar-refractivity contribution in [2.45, 2.75) is 10.8 Å². The molecule has 0 spiro atoms. The molecule has 0 aliphatic heterocycles. The summed E-state index contributed by atoms with van der Waals surface area (Å²) >= 11 is 0. The summed E-state index contributed by atoms with van der Waals surface area (Å²) in [6.45, 7) is 0. The van der Waals surface area contributed by atoms with Gasteiger partial charge in [0.2, 0.25) is 0 Å². The number of benzene rings is 6. The molecule has 6 N–H and O–H groups in total. The van der Waals surface area contributed by atoms with Gasteiger partial charge < -0.3 is 30.6 Å². The maximum atomic E-state index is 10.3. The lowest BCUT2D eigenvalue weighted by molar-refractivity contribution is 0.473. The van der Waals surface area contributed by atoms with E-state index in [9.17, 15) is 30.6 Å². The lowest BCUT2D eigenvalue weighted by Gasteiger charge is -2.37. The number of aromatic nitrogens is 2. The predicted molar refractivity (Wildman–Crippen MR) is 214 cm³/mol. The predicted octanol–water partition coefficient (Wildman–Crippen LogP) is 9.14. The molecule has 8 rings (SSSR count). The average Bonchev–Trinajstić information content (AvgIpc) is 3.22. The van der Waals surface area contributed by atoms with Crippen molar-refractivity contribution in [3.8, 4) is 45.9 Å². The third-order valence-electron chi connectivity index (χ3n) is 10.5. The van der Waals surface area contributed by atoms with E-state index < -0.39 is 10.8 Å². The van der Waals surface area contributed by atoms with Crippen LogP contribution in [0.3, 0.4) is 0 Å². The molecule has 8 aromatic rings. The Labute approximate surface area is 323 Å². The summed E-state index contributed by atoms with van der Waals surface area (Å²) in [5.41, 5.74) is 5.88. The van der Waals surface area contributed by atoms with Gasteiger partial charge in [0, 0.05) is 12.4 Å². The molecular formula is C48H36N2O6. The molecule has 0 saturated heterocycles. The van der Waals surface area contributed by atoms with Crippen LogP contribution in [0, 0.1) is 0 Å². The molecule has 6 aromatic carbocycles. The number of aromatic hydroxyl groups is 6. The van der Waals surface area contributed by atoms with E-state index in [4.69, 9.17) is 9.97 Å². The van der Waals surface area contributed by atoms with Crippen molar-refractivity contribution < 1.29 is 30.6 Å². The van der Waals surface area contributed by atoms with E-state index in [1.165, 1.54) is 0 Å². The Balaban J connectivity index is 1.27. The zero-order chi connectivity index (χ0) is 38.9. The second-order valence-electron chi connectivity index (χ2n) is 13.6. The Morgan fingerprint density at radius 3 is 0.571 bits per heavy atom. The first-order valence-electron chi connectivity index (χ1n) is 17.9. The molecule has 8 nitrogen and oxygen atoms in total. The topological polar surface area (TPSA) is 147 Å². The van der Waals surface area contributed by atoms with Gasteiger partial charge in [0.05, 0.1) is 22.2 Å². The average molecular weight is 737 g/mol. The molecule has 2 aromatic heterocycles. The first-order chi connectivity index (χ1) is 27.2. The Morgan fingerprint density at radius 2 is 0.411 bits per heavy atom. The molecular weight excluding hydrogens is 701 g/mol. The van der Waals surface area contributed by atoms with Crippen LogP contribution in [0.15, 0.2) is 182 Å². The van der Waals surface area contributed by atoms with Crippen molar-refractivity contribution in [1.29, 1.82) is 0 Å². The maximum Gasteiger partial charge on any atom is 0.115 e. The van der Waals surface area contributed by atoms with Crippen LogP contribution in [0.5, 0.6) is 34.5 Å². The summed E-state index contributed by atoms with van der Waals surface area (Å²) in [7, 11) is 0. The van der Waals surface area contributed by atoms with Gasteiger partial charge >= 0.3 is 0 Å². The highest BCUT2D eigenvalue weighted by Crippen LogP contribution is 2.48. The SMILES string of the molecule is Oc1ccc(C(c2ccc(O)cc2)(c2ccc(O)cc2)c2ccc(-c3ccc(C(c4ccc(O)cc4)(c4ccc(O)cc4)c4ccc(O)cc4)cn3)nc2)cc1. The minimum Gasteiger partial charge on any atom is -0.508 e. The van der Waals surface area contributed by atoms with Gasteiger partial charge in [0.15, 0.2) is 0 Å². The summed E-state index contributed by atoms with van der Waals surface area (Å²) in [4.78, 5) is 9.89. The van der Waals surface area contributed by atoms with Crippen molar-refractivity contribution in [2.24, 2.45) is 0 Å². The van der Waals surface area contributed by atoms with Crippen molar-refractivity contribution in [3.63, 3.8) is 0 Å². The Morgan fingerprint density at radius 1 is 0.232 bits per heavy atom. The molecule has 8 heteroatoms. The van der Waals surface area contributed by atoms with Gasteiger partial charge in [-0.2, -0.15) is 0 Å². The van der Waals surface area contributed by atoms with Gasteiger partial charge in [0.25, 0.3) is 0 Å². The highest BCUT2D eigenvalue weighted by Gasteiger charge is 2.40. The van der Waals surface area contributed by atoms with Crippen LogP contribution in [-0.4, -0.2) is 40.6 Å². The van der Waals surface area contributed by atoms with E-state index in [-0.39, 0.29) is 34.5 Å². The van der Waals surface area contributed by atoms with E-state index in [0.717, 1.165) is 44.5 Å². The number of phenolic OH excluding ortho intramolecular Hbond substituents is 6. The van der Waals surface area contributed by atoms with Crippen LogP contribution >= 0.6 is 0 Å². The zero-order valence-corrected chi connectivity index (χ0v) is 29.9. The number of phenols is 6. The molecule has 0 amide bonds. The summed E-state index contributed by atoms with van der Waals surface area (Å²) in [5.74, 6) is 0.707. The first-order valence-corrected chi connectivity index (χ1v) is 17.9.